The van der Waals surface area contributed by atoms with Gasteiger partial charge in [-0.2, -0.15) is 0 Å². The zero-order valence-electron chi connectivity index (χ0n) is 18.1. The van der Waals surface area contributed by atoms with E-state index in [2.05, 4.69) is 10.6 Å². The number of amides is 2. The molecule has 2 amide bonds. The molecule has 0 aromatic heterocycles. The monoisotopic (exact) mass is 392 g/mol. The van der Waals surface area contributed by atoms with Gasteiger partial charge in [0.05, 0.1) is 0 Å². The van der Waals surface area contributed by atoms with Gasteiger partial charge in [-0.05, 0) is 49.2 Å². The maximum absolute atomic E-state index is 11.7. The molecule has 0 aliphatic heterocycles. The highest BCUT2D eigenvalue weighted by Gasteiger charge is 2.07. The van der Waals surface area contributed by atoms with Crippen LogP contribution in [0.2, 0.25) is 0 Å². The Kier molecular flexibility index (Phi) is 10.8. The van der Waals surface area contributed by atoms with Crippen molar-refractivity contribution in [3.05, 3.63) is 83.4 Å². The van der Waals surface area contributed by atoms with Crippen molar-refractivity contribution in [2.24, 2.45) is 0 Å². The van der Waals surface area contributed by atoms with Crippen molar-refractivity contribution in [2.75, 3.05) is 13.1 Å². The quantitative estimate of drug-likeness (QED) is 0.628. The third kappa shape index (κ3) is 7.07. The summed E-state index contributed by atoms with van der Waals surface area (Å²) in [6.45, 7) is 11.1. The second-order valence-corrected chi connectivity index (χ2v) is 6.06. The van der Waals surface area contributed by atoms with Crippen LogP contribution in [-0.2, 0) is 0 Å². The minimum absolute atomic E-state index is 0.00528. The van der Waals surface area contributed by atoms with Crippen LogP contribution < -0.4 is 10.6 Å². The van der Waals surface area contributed by atoms with Gasteiger partial charge >= 0.3 is 0 Å². The van der Waals surface area contributed by atoms with Crippen molar-refractivity contribution in [1.82, 2.24) is 10.6 Å². The number of hydrogen-bond acceptors (Lipinski definition) is 2. The highest BCUT2D eigenvalue weighted by molar-refractivity contribution is 6.06. The topological polar surface area (TPSA) is 58.2 Å². The van der Waals surface area contributed by atoms with Gasteiger partial charge in [0.2, 0.25) is 0 Å². The van der Waals surface area contributed by atoms with Crippen molar-refractivity contribution in [2.45, 2.75) is 34.6 Å². The highest BCUT2D eigenvalue weighted by Crippen LogP contribution is 2.18. The Morgan fingerprint density at radius 3 is 1.79 bits per heavy atom. The van der Waals surface area contributed by atoms with Crippen molar-refractivity contribution < 1.29 is 9.59 Å². The van der Waals surface area contributed by atoms with Gasteiger partial charge in [0, 0.05) is 24.2 Å². The second kappa shape index (κ2) is 13.1. The van der Waals surface area contributed by atoms with Crippen LogP contribution in [0.3, 0.4) is 0 Å². The standard InChI is InChI=1S/C13H13NO.C10H13NO.C2H6/c1-2-14-13(15)12-9-5-7-10-6-3-4-8-11(10)12;1-3-11-10(12)9-7-5-4-6-8(9)2;1-2/h3-9H,2H2,1H3,(H,14,15);4-7H,3H2,1-2H3,(H,11,12);1-2H3. The minimum Gasteiger partial charge on any atom is -0.352 e. The first-order chi connectivity index (χ1) is 14.1. The zero-order chi connectivity index (χ0) is 21.6. The van der Waals surface area contributed by atoms with E-state index in [1.807, 2.05) is 101 Å². The number of rotatable bonds is 4. The molecule has 0 radical (unpaired) electrons. The summed E-state index contributed by atoms with van der Waals surface area (Å²) in [5.74, 6) is 0.00454. The first kappa shape index (κ1) is 23.9. The number of aryl methyl sites for hydroxylation is 1. The molecule has 3 aromatic carbocycles. The molecule has 4 heteroatoms. The summed E-state index contributed by atoms with van der Waals surface area (Å²) in [4.78, 5) is 23.1. The van der Waals surface area contributed by atoms with Gasteiger partial charge in [0.1, 0.15) is 0 Å². The van der Waals surface area contributed by atoms with Crippen molar-refractivity contribution in [3.8, 4) is 0 Å². The van der Waals surface area contributed by atoms with Crippen LogP contribution in [0.25, 0.3) is 10.8 Å². The maximum atomic E-state index is 11.7. The van der Waals surface area contributed by atoms with E-state index in [0.717, 1.165) is 27.5 Å². The number of carbonyl (C=O) groups is 2. The Labute approximate surface area is 174 Å². The molecule has 0 bridgehead atoms. The van der Waals surface area contributed by atoms with Gasteiger partial charge in [-0.25, -0.2) is 0 Å². The van der Waals surface area contributed by atoms with Gasteiger partial charge in [-0.1, -0.05) is 68.4 Å². The molecule has 4 nitrogen and oxygen atoms in total. The van der Waals surface area contributed by atoms with Crippen LogP contribution in [0.15, 0.2) is 66.7 Å². The van der Waals surface area contributed by atoms with Gasteiger partial charge in [0.15, 0.2) is 0 Å². The molecule has 154 valence electrons. The fourth-order valence-electron chi connectivity index (χ4n) is 2.76. The first-order valence-corrected chi connectivity index (χ1v) is 10.2. The van der Waals surface area contributed by atoms with Crippen molar-refractivity contribution in [1.29, 1.82) is 0 Å². The van der Waals surface area contributed by atoms with Crippen LogP contribution in [0.5, 0.6) is 0 Å². The Balaban J connectivity index is 0.000000273. The molecule has 0 saturated carbocycles. The Morgan fingerprint density at radius 1 is 0.690 bits per heavy atom. The molecule has 0 fully saturated rings. The first-order valence-electron chi connectivity index (χ1n) is 10.2. The predicted octanol–water partition coefficient (Wildman–Crippen LogP) is 5.36. The fraction of sp³-hybridized carbons (Fsp3) is 0.280. The van der Waals surface area contributed by atoms with Gasteiger partial charge in [0.25, 0.3) is 11.8 Å². The molecule has 0 aliphatic carbocycles. The number of hydrogen-bond donors (Lipinski definition) is 2. The molecular formula is C25H32N2O2. The summed E-state index contributed by atoms with van der Waals surface area (Å²) in [6.07, 6.45) is 0. The normalized spacial score (nSPS) is 9.41. The lowest BCUT2D eigenvalue weighted by Gasteiger charge is -2.05. The van der Waals surface area contributed by atoms with Crippen LogP contribution >= 0.6 is 0 Å². The van der Waals surface area contributed by atoms with Crippen LogP contribution in [-0.4, -0.2) is 24.9 Å². The van der Waals surface area contributed by atoms with Crippen LogP contribution in [0.4, 0.5) is 0 Å². The third-order valence-electron chi connectivity index (χ3n) is 4.10. The van der Waals surface area contributed by atoms with E-state index in [-0.39, 0.29) is 11.8 Å². The predicted molar refractivity (Wildman–Crippen MR) is 122 cm³/mol. The van der Waals surface area contributed by atoms with Crippen molar-refractivity contribution >= 4 is 22.6 Å². The van der Waals surface area contributed by atoms with Crippen molar-refractivity contribution in [3.63, 3.8) is 0 Å². The lowest BCUT2D eigenvalue weighted by molar-refractivity contribution is 0.0948. The summed E-state index contributed by atoms with van der Waals surface area (Å²) in [7, 11) is 0. The van der Waals surface area contributed by atoms with E-state index < -0.39 is 0 Å². The molecule has 0 heterocycles. The fourth-order valence-corrected chi connectivity index (χ4v) is 2.76. The lowest BCUT2D eigenvalue weighted by atomic mass is 10.0. The summed E-state index contributed by atoms with van der Waals surface area (Å²) in [5.41, 5.74) is 2.53. The zero-order valence-corrected chi connectivity index (χ0v) is 18.1. The van der Waals surface area contributed by atoms with E-state index in [0.29, 0.717) is 13.1 Å². The number of benzene rings is 3. The largest absolute Gasteiger partial charge is 0.352 e. The Hall–Kier alpha value is -3.14. The van der Waals surface area contributed by atoms with E-state index >= 15 is 0 Å². The molecule has 3 rings (SSSR count). The van der Waals surface area contributed by atoms with Gasteiger partial charge in [-0.3, -0.25) is 9.59 Å². The smallest absolute Gasteiger partial charge is 0.251 e. The lowest BCUT2D eigenvalue weighted by Crippen LogP contribution is -2.23. The van der Waals surface area contributed by atoms with Crippen LogP contribution in [0, 0.1) is 6.92 Å². The minimum atomic E-state index is -0.00528. The number of carbonyl (C=O) groups excluding carboxylic acids is 2. The molecule has 3 aromatic rings. The second-order valence-electron chi connectivity index (χ2n) is 6.06. The molecule has 0 aliphatic rings. The average molecular weight is 393 g/mol. The Bertz CT molecular complexity index is 914. The third-order valence-corrected chi connectivity index (χ3v) is 4.10. The van der Waals surface area contributed by atoms with E-state index in [4.69, 9.17) is 0 Å². The maximum Gasteiger partial charge on any atom is 0.251 e. The van der Waals surface area contributed by atoms with E-state index in [1.165, 1.54) is 0 Å². The summed E-state index contributed by atoms with van der Waals surface area (Å²) >= 11 is 0. The van der Waals surface area contributed by atoms with E-state index in [1.54, 1.807) is 0 Å². The highest BCUT2D eigenvalue weighted by atomic mass is 16.2. The van der Waals surface area contributed by atoms with Gasteiger partial charge in [-0.15, -0.1) is 0 Å². The molecule has 0 atom stereocenters. The average Bonchev–Trinajstić information content (AvgIpc) is 2.76. The molecule has 0 unspecified atom stereocenters. The summed E-state index contributed by atoms with van der Waals surface area (Å²) in [6, 6.07) is 21.3. The number of fused-ring (bicyclic) bond motifs is 1. The molecular weight excluding hydrogens is 360 g/mol. The van der Waals surface area contributed by atoms with Crippen LogP contribution in [0.1, 0.15) is 54.0 Å². The number of nitrogens with one attached hydrogen (secondary N) is 2. The molecule has 2 N–H and O–H groups in total. The summed E-state index contributed by atoms with van der Waals surface area (Å²) < 4.78 is 0. The molecule has 0 spiro atoms. The summed E-state index contributed by atoms with van der Waals surface area (Å²) in [5, 5.41) is 7.68. The SMILES string of the molecule is CC.CCNC(=O)c1cccc2ccccc12.CCNC(=O)c1ccccc1C. The van der Waals surface area contributed by atoms with E-state index in [9.17, 15) is 9.59 Å². The van der Waals surface area contributed by atoms with Gasteiger partial charge < -0.3 is 10.6 Å². The molecule has 29 heavy (non-hydrogen) atoms. The molecule has 0 saturated heterocycles. The Morgan fingerprint density at radius 2 is 1.17 bits per heavy atom.